The van der Waals surface area contributed by atoms with Gasteiger partial charge in [0.2, 0.25) is 11.7 Å². The van der Waals surface area contributed by atoms with Crippen LogP contribution in [0.15, 0.2) is 0 Å². The highest BCUT2D eigenvalue weighted by molar-refractivity contribution is 5.80. The molecule has 3 N–H and O–H groups in total. The average Bonchev–Trinajstić information content (AvgIpc) is 3.30. The van der Waals surface area contributed by atoms with Gasteiger partial charge in [0.05, 0.1) is 31.8 Å². The van der Waals surface area contributed by atoms with Crippen LogP contribution in [0.4, 0.5) is 16.0 Å². The summed E-state index contributed by atoms with van der Waals surface area (Å²) in [7, 11) is 0. The first-order valence-corrected chi connectivity index (χ1v) is 11.3. The number of halogens is 1. The Bertz CT molecular complexity index is 776. The van der Waals surface area contributed by atoms with E-state index < -0.39 is 11.7 Å². The molecule has 3 heterocycles. The van der Waals surface area contributed by atoms with E-state index in [0.29, 0.717) is 37.9 Å². The molecule has 1 aliphatic carbocycles. The monoisotopic (exact) mass is 436 g/mol. The van der Waals surface area contributed by atoms with Crippen molar-refractivity contribution in [2.45, 2.75) is 45.1 Å². The highest BCUT2D eigenvalue weighted by atomic mass is 19.1. The van der Waals surface area contributed by atoms with E-state index in [-0.39, 0.29) is 30.2 Å². The molecule has 0 unspecified atom stereocenters. The second-order valence-electron chi connectivity index (χ2n) is 8.85. The summed E-state index contributed by atoms with van der Waals surface area (Å²) in [6.45, 7) is 5.87. The number of aryl methyl sites for hydroxylation is 1. The third-order valence-electron chi connectivity index (χ3n) is 6.67. The molecule has 172 valence electrons. The molecule has 9 nitrogen and oxygen atoms in total. The van der Waals surface area contributed by atoms with Crippen LogP contribution in [0.2, 0.25) is 0 Å². The molecule has 0 aromatic carbocycles. The maximum absolute atomic E-state index is 15.2. The Hall–Kier alpha value is -2.04. The Morgan fingerprint density at radius 1 is 1.29 bits per heavy atom. The number of ether oxygens (including phenoxy) is 1. The van der Waals surface area contributed by atoms with Gasteiger partial charge < -0.3 is 14.7 Å². The zero-order valence-corrected chi connectivity index (χ0v) is 18.1. The number of amides is 1. The minimum Gasteiger partial charge on any atom is -0.396 e. The number of carbonyl (C=O) groups is 1. The van der Waals surface area contributed by atoms with Gasteiger partial charge in [0, 0.05) is 26.2 Å². The van der Waals surface area contributed by atoms with Crippen LogP contribution in [0, 0.1) is 24.6 Å². The van der Waals surface area contributed by atoms with E-state index in [1.165, 1.54) is 12.8 Å². The quantitative estimate of drug-likeness (QED) is 0.546. The van der Waals surface area contributed by atoms with E-state index in [9.17, 15) is 9.90 Å². The van der Waals surface area contributed by atoms with Gasteiger partial charge >= 0.3 is 0 Å². The van der Waals surface area contributed by atoms with Gasteiger partial charge in [-0.1, -0.05) is 25.7 Å². The number of hydrogen-bond donors (Lipinski definition) is 3. The lowest BCUT2D eigenvalue weighted by atomic mass is 9.93. The van der Waals surface area contributed by atoms with Gasteiger partial charge in [0.1, 0.15) is 5.82 Å². The Morgan fingerprint density at radius 3 is 2.87 bits per heavy atom. The number of aliphatic hydroxyl groups excluding tert-OH is 1. The van der Waals surface area contributed by atoms with Crippen LogP contribution in [0.3, 0.4) is 0 Å². The molecule has 0 spiro atoms. The van der Waals surface area contributed by atoms with Gasteiger partial charge in [-0.05, 0) is 19.3 Å². The van der Waals surface area contributed by atoms with Gasteiger partial charge in [-0.2, -0.15) is 4.39 Å². The molecule has 0 bridgehead atoms. The van der Waals surface area contributed by atoms with Crippen LogP contribution in [0.5, 0.6) is 0 Å². The van der Waals surface area contributed by atoms with Gasteiger partial charge in [0.25, 0.3) is 0 Å². The van der Waals surface area contributed by atoms with Crippen LogP contribution >= 0.6 is 0 Å². The zero-order chi connectivity index (χ0) is 21.8. The first kappa shape index (κ1) is 22.2. The summed E-state index contributed by atoms with van der Waals surface area (Å²) in [5, 5.41) is 9.65. The number of carbonyl (C=O) groups excluding carboxylic acids is 1. The highest BCUT2D eigenvalue weighted by Gasteiger charge is 2.32. The molecule has 3 aliphatic rings. The highest BCUT2D eigenvalue weighted by Crippen LogP contribution is 2.30. The molecule has 1 saturated carbocycles. The fourth-order valence-electron chi connectivity index (χ4n) is 4.91. The average molecular weight is 437 g/mol. The maximum atomic E-state index is 15.2. The molecule has 1 aromatic rings. The smallest absolute Gasteiger partial charge is 0.243 e. The molecule has 4 rings (SSSR count). The van der Waals surface area contributed by atoms with Crippen LogP contribution < -0.4 is 15.8 Å². The maximum Gasteiger partial charge on any atom is 0.243 e. The number of hydrogen-bond acceptors (Lipinski definition) is 8. The number of piperazine rings is 1. The fraction of sp³-hybridized carbons (Fsp3) is 0.762. The van der Waals surface area contributed by atoms with Crippen molar-refractivity contribution in [3.05, 3.63) is 11.6 Å². The SMILES string of the molecule is Cc1nc(NNC(=O)[C@@H](CO)CC2CCCC2)c(F)c(N2CCN3CCOC[C@@H]3C2)n1. The van der Waals surface area contributed by atoms with E-state index in [4.69, 9.17) is 4.74 Å². The fourth-order valence-corrected chi connectivity index (χ4v) is 4.91. The minimum atomic E-state index is -0.590. The van der Waals surface area contributed by atoms with Crippen LogP contribution in [-0.4, -0.2) is 77.9 Å². The summed E-state index contributed by atoms with van der Waals surface area (Å²) in [6, 6.07) is 0.217. The van der Waals surface area contributed by atoms with Crippen molar-refractivity contribution in [3.63, 3.8) is 0 Å². The predicted molar refractivity (Wildman–Crippen MR) is 114 cm³/mol. The lowest BCUT2D eigenvalue weighted by Gasteiger charge is -2.44. The van der Waals surface area contributed by atoms with E-state index in [2.05, 4.69) is 25.7 Å². The Labute approximate surface area is 182 Å². The van der Waals surface area contributed by atoms with Crippen LogP contribution in [0.25, 0.3) is 0 Å². The van der Waals surface area contributed by atoms with Crippen LogP contribution in [0.1, 0.15) is 37.9 Å². The largest absolute Gasteiger partial charge is 0.396 e. The summed E-state index contributed by atoms with van der Waals surface area (Å²) in [5.41, 5.74) is 5.17. The summed E-state index contributed by atoms with van der Waals surface area (Å²) in [4.78, 5) is 25.3. The molecule has 1 amide bonds. The molecular formula is C21H33FN6O3. The second kappa shape index (κ2) is 10.1. The number of nitrogens with one attached hydrogen (secondary N) is 2. The molecule has 0 radical (unpaired) electrons. The third kappa shape index (κ3) is 5.24. The number of aliphatic hydroxyl groups is 1. The summed E-state index contributed by atoms with van der Waals surface area (Å²) in [5.74, 6) is -0.391. The third-order valence-corrected chi connectivity index (χ3v) is 6.67. The van der Waals surface area contributed by atoms with Gasteiger partial charge in [-0.15, -0.1) is 0 Å². The molecule has 3 fully saturated rings. The van der Waals surface area contributed by atoms with E-state index in [0.717, 1.165) is 32.5 Å². The Kier molecular flexibility index (Phi) is 7.19. The second-order valence-corrected chi connectivity index (χ2v) is 8.85. The van der Waals surface area contributed by atoms with Crippen molar-refractivity contribution in [1.29, 1.82) is 0 Å². The predicted octanol–water partition coefficient (Wildman–Crippen LogP) is 1.08. The van der Waals surface area contributed by atoms with E-state index in [1.807, 2.05) is 4.90 Å². The van der Waals surface area contributed by atoms with E-state index >= 15 is 4.39 Å². The first-order chi connectivity index (χ1) is 15.0. The van der Waals surface area contributed by atoms with Crippen molar-refractivity contribution < 1.29 is 19.0 Å². The lowest BCUT2D eigenvalue weighted by molar-refractivity contribution is -0.126. The summed E-state index contributed by atoms with van der Waals surface area (Å²) in [6.07, 6.45) is 5.20. The number of aromatic nitrogens is 2. The minimum absolute atomic E-state index is 0.0595. The van der Waals surface area contributed by atoms with E-state index in [1.54, 1.807) is 6.92 Å². The number of rotatable bonds is 7. The van der Waals surface area contributed by atoms with Gasteiger partial charge in [-0.25, -0.2) is 9.97 Å². The molecule has 10 heteroatoms. The normalized spacial score (nSPS) is 23.5. The summed E-state index contributed by atoms with van der Waals surface area (Å²) < 4.78 is 20.8. The van der Waals surface area contributed by atoms with Crippen molar-refractivity contribution in [2.24, 2.45) is 11.8 Å². The summed E-state index contributed by atoms with van der Waals surface area (Å²) >= 11 is 0. The zero-order valence-electron chi connectivity index (χ0n) is 18.1. The molecular weight excluding hydrogens is 403 g/mol. The molecule has 31 heavy (non-hydrogen) atoms. The number of hydrazine groups is 1. The number of nitrogens with zero attached hydrogens (tertiary/aromatic N) is 4. The van der Waals surface area contributed by atoms with Crippen LogP contribution in [-0.2, 0) is 9.53 Å². The van der Waals surface area contributed by atoms with Crippen molar-refractivity contribution in [3.8, 4) is 0 Å². The number of morpholine rings is 1. The van der Waals surface area contributed by atoms with Crippen molar-refractivity contribution >= 4 is 17.5 Å². The van der Waals surface area contributed by atoms with Gasteiger partial charge in [-0.3, -0.25) is 20.5 Å². The van der Waals surface area contributed by atoms with Crippen molar-refractivity contribution in [1.82, 2.24) is 20.3 Å². The molecule has 1 aromatic heterocycles. The topological polar surface area (TPSA) is 103 Å². The van der Waals surface area contributed by atoms with Gasteiger partial charge in [0.15, 0.2) is 11.6 Å². The standard InChI is InChI=1S/C21H33FN6O3/c1-14-23-19(25-26-21(30)16(12-29)10-15-4-2-3-5-15)18(22)20(24-14)28-7-6-27-8-9-31-13-17(27)11-28/h15-17,29H,2-13H2,1H3,(H,26,30)(H,23,24,25)/t16-,17+/m1/s1. The molecule has 2 saturated heterocycles. The number of fused-ring (bicyclic) bond motifs is 1. The lowest BCUT2D eigenvalue weighted by Crippen LogP contribution is -2.58. The first-order valence-electron chi connectivity index (χ1n) is 11.3. The molecule has 2 aliphatic heterocycles. The van der Waals surface area contributed by atoms with Crippen molar-refractivity contribution in [2.75, 3.05) is 56.3 Å². The number of anilines is 2. The Balaban J connectivity index is 1.40. The Morgan fingerprint density at radius 2 is 2.10 bits per heavy atom. The molecule has 2 atom stereocenters.